The zero-order valence-corrected chi connectivity index (χ0v) is 11.2. The lowest BCUT2D eigenvalue weighted by atomic mass is 10.3. The fourth-order valence-corrected chi connectivity index (χ4v) is 1.97. The summed E-state index contributed by atoms with van der Waals surface area (Å²) < 4.78 is 0. The van der Waals surface area contributed by atoms with Crippen molar-refractivity contribution in [2.75, 3.05) is 24.6 Å². The van der Waals surface area contributed by atoms with Crippen LogP contribution in [-0.4, -0.2) is 40.5 Å². The normalized spacial score (nSPS) is 16.4. The van der Waals surface area contributed by atoms with E-state index < -0.39 is 4.92 Å². The molecule has 104 valence electrons. The molecule has 0 saturated heterocycles. The molecule has 0 radical (unpaired) electrons. The van der Waals surface area contributed by atoms with Gasteiger partial charge in [0.05, 0.1) is 4.92 Å². The van der Waals surface area contributed by atoms with Gasteiger partial charge in [0.2, 0.25) is 5.82 Å². The monoisotopic (exact) mass is 265 g/mol. The minimum absolute atomic E-state index is 0.0459. The quantitative estimate of drug-likeness (QED) is 0.597. The van der Waals surface area contributed by atoms with E-state index in [9.17, 15) is 10.1 Å². The van der Waals surface area contributed by atoms with E-state index in [1.54, 1.807) is 0 Å². The third-order valence-corrected chi connectivity index (χ3v) is 3.48. The lowest BCUT2D eigenvalue weighted by molar-refractivity contribution is -0.384. The van der Waals surface area contributed by atoms with Crippen LogP contribution >= 0.6 is 0 Å². The van der Waals surface area contributed by atoms with E-state index in [2.05, 4.69) is 29.2 Å². The topological polar surface area (TPSA) is 97.3 Å². The van der Waals surface area contributed by atoms with E-state index in [0.717, 1.165) is 0 Å². The number of nitrogens with two attached hydrogens (primary N) is 1. The van der Waals surface area contributed by atoms with Crippen molar-refractivity contribution >= 4 is 17.3 Å². The summed E-state index contributed by atoms with van der Waals surface area (Å²) in [6.45, 7) is 2.69. The fraction of sp³-hybridized carbons (Fsp3) is 0.583. The number of anilines is 2. The van der Waals surface area contributed by atoms with Gasteiger partial charge in [0.15, 0.2) is 0 Å². The molecule has 19 heavy (non-hydrogen) atoms. The van der Waals surface area contributed by atoms with Gasteiger partial charge in [-0.15, -0.1) is 0 Å². The molecule has 2 rings (SSSR count). The van der Waals surface area contributed by atoms with Gasteiger partial charge in [-0.25, -0.2) is 4.98 Å². The molecule has 1 fully saturated rings. The van der Waals surface area contributed by atoms with E-state index in [1.165, 1.54) is 25.0 Å². The Hall–Kier alpha value is -1.89. The highest BCUT2D eigenvalue weighted by atomic mass is 16.6. The van der Waals surface area contributed by atoms with Crippen LogP contribution in [0.25, 0.3) is 0 Å². The average molecular weight is 265 g/mol. The summed E-state index contributed by atoms with van der Waals surface area (Å²) in [5.41, 5.74) is 5.52. The summed E-state index contributed by atoms with van der Waals surface area (Å²) in [7, 11) is 2.07. The van der Waals surface area contributed by atoms with Crippen molar-refractivity contribution in [2.45, 2.75) is 31.8 Å². The standard InChI is InChI=1S/C12H19N5O2/c1-8(16(2)9-3-4-9)7-14-12-10(17(18)19)5-6-11(13)15-12/h5-6,8-9H,3-4,7H2,1-2H3,(H3,13,14,15). The highest BCUT2D eigenvalue weighted by molar-refractivity contribution is 5.59. The lowest BCUT2D eigenvalue weighted by Crippen LogP contribution is -2.36. The molecule has 1 saturated carbocycles. The second kappa shape index (κ2) is 5.40. The number of nitro groups is 1. The Morgan fingerprint density at radius 1 is 1.63 bits per heavy atom. The van der Waals surface area contributed by atoms with Crippen LogP contribution < -0.4 is 11.1 Å². The zero-order valence-electron chi connectivity index (χ0n) is 11.2. The molecule has 0 amide bonds. The number of hydrogen-bond acceptors (Lipinski definition) is 6. The summed E-state index contributed by atoms with van der Waals surface area (Å²) in [6, 6.07) is 3.75. The van der Waals surface area contributed by atoms with Crippen LogP contribution in [0.2, 0.25) is 0 Å². The molecule has 1 aromatic rings. The van der Waals surface area contributed by atoms with Gasteiger partial charge in [-0.1, -0.05) is 0 Å². The first-order valence-electron chi connectivity index (χ1n) is 6.35. The van der Waals surface area contributed by atoms with Crippen molar-refractivity contribution < 1.29 is 4.92 Å². The van der Waals surface area contributed by atoms with Crippen LogP contribution in [0.5, 0.6) is 0 Å². The van der Waals surface area contributed by atoms with Crippen molar-refractivity contribution in [3.8, 4) is 0 Å². The molecule has 1 heterocycles. The van der Waals surface area contributed by atoms with Crippen LogP contribution in [0.1, 0.15) is 19.8 Å². The zero-order chi connectivity index (χ0) is 14.0. The Labute approximate surface area is 112 Å². The highest BCUT2D eigenvalue weighted by Gasteiger charge is 2.29. The van der Waals surface area contributed by atoms with Gasteiger partial charge in [-0.3, -0.25) is 15.0 Å². The molecular weight excluding hydrogens is 246 g/mol. The lowest BCUT2D eigenvalue weighted by Gasteiger charge is -2.24. The third-order valence-electron chi connectivity index (χ3n) is 3.48. The molecule has 1 aromatic heterocycles. The van der Waals surface area contributed by atoms with Crippen LogP contribution in [0.4, 0.5) is 17.3 Å². The highest BCUT2D eigenvalue weighted by Crippen LogP contribution is 2.27. The minimum Gasteiger partial charge on any atom is -0.384 e. The molecule has 7 nitrogen and oxygen atoms in total. The molecule has 0 spiro atoms. The molecule has 1 atom stereocenters. The number of nitrogen functional groups attached to an aromatic ring is 1. The maximum Gasteiger partial charge on any atom is 0.311 e. The maximum absolute atomic E-state index is 10.9. The van der Waals surface area contributed by atoms with Gasteiger partial charge in [0.1, 0.15) is 5.82 Å². The number of likely N-dealkylation sites (N-methyl/N-ethyl adjacent to an activating group) is 1. The van der Waals surface area contributed by atoms with Crippen molar-refractivity contribution in [3.05, 3.63) is 22.2 Å². The summed E-state index contributed by atoms with van der Waals surface area (Å²) >= 11 is 0. The largest absolute Gasteiger partial charge is 0.384 e. The number of nitrogens with zero attached hydrogens (tertiary/aromatic N) is 3. The predicted molar refractivity (Wildman–Crippen MR) is 74.0 cm³/mol. The fourth-order valence-electron chi connectivity index (χ4n) is 1.97. The van der Waals surface area contributed by atoms with Gasteiger partial charge in [-0.05, 0) is 32.9 Å². The Balaban J connectivity index is 2.01. The van der Waals surface area contributed by atoms with E-state index in [-0.39, 0.29) is 23.4 Å². The van der Waals surface area contributed by atoms with Crippen LogP contribution in [0.15, 0.2) is 12.1 Å². The second-order valence-corrected chi connectivity index (χ2v) is 4.99. The molecule has 1 aliphatic carbocycles. The molecule has 1 aliphatic rings. The molecule has 3 N–H and O–H groups in total. The van der Waals surface area contributed by atoms with E-state index >= 15 is 0 Å². The molecule has 0 bridgehead atoms. The SMILES string of the molecule is CC(CNc1nc(N)ccc1[N+](=O)[O-])N(C)C1CC1. The van der Waals surface area contributed by atoms with Crippen molar-refractivity contribution in [2.24, 2.45) is 0 Å². The molecule has 0 aromatic carbocycles. The molecular formula is C12H19N5O2. The van der Waals surface area contributed by atoms with Gasteiger partial charge in [0, 0.05) is 24.7 Å². The van der Waals surface area contributed by atoms with E-state index in [1.807, 2.05) is 0 Å². The molecule has 0 aliphatic heterocycles. The van der Waals surface area contributed by atoms with Crippen LogP contribution in [-0.2, 0) is 0 Å². The minimum atomic E-state index is -0.454. The van der Waals surface area contributed by atoms with Crippen molar-refractivity contribution in [3.63, 3.8) is 0 Å². The Bertz CT molecular complexity index is 475. The van der Waals surface area contributed by atoms with Gasteiger partial charge >= 0.3 is 5.69 Å². The van der Waals surface area contributed by atoms with Crippen molar-refractivity contribution in [1.82, 2.24) is 9.88 Å². The third kappa shape index (κ3) is 3.31. The average Bonchev–Trinajstić information content (AvgIpc) is 3.18. The smallest absolute Gasteiger partial charge is 0.311 e. The number of rotatable bonds is 6. The Morgan fingerprint density at radius 2 is 2.32 bits per heavy atom. The number of pyridine rings is 1. The first-order valence-corrected chi connectivity index (χ1v) is 6.35. The van der Waals surface area contributed by atoms with Gasteiger partial charge in [-0.2, -0.15) is 0 Å². The summed E-state index contributed by atoms with van der Waals surface area (Å²) in [4.78, 5) is 16.7. The van der Waals surface area contributed by atoms with Gasteiger partial charge < -0.3 is 11.1 Å². The molecule has 7 heteroatoms. The number of nitrogens with one attached hydrogen (secondary N) is 1. The van der Waals surface area contributed by atoms with Crippen LogP contribution in [0, 0.1) is 10.1 Å². The summed E-state index contributed by atoms with van der Waals surface area (Å²) in [5.74, 6) is 0.511. The number of hydrogen-bond donors (Lipinski definition) is 2. The van der Waals surface area contributed by atoms with Crippen molar-refractivity contribution in [1.29, 1.82) is 0 Å². The predicted octanol–water partition coefficient (Wildman–Crippen LogP) is 1.47. The van der Waals surface area contributed by atoms with Crippen LogP contribution in [0.3, 0.4) is 0 Å². The second-order valence-electron chi connectivity index (χ2n) is 4.99. The number of aromatic nitrogens is 1. The van der Waals surface area contributed by atoms with Gasteiger partial charge in [0.25, 0.3) is 0 Å². The first-order chi connectivity index (χ1) is 8.99. The van der Waals surface area contributed by atoms with E-state index in [0.29, 0.717) is 12.6 Å². The summed E-state index contributed by atoms with van der Waals surface area (Å²) in [6.07, 6.45) is 2.47. The summed E-state index contributed by atoms with van der Waals surface area (Å²) in [5, 5.41) is 13.9. The first kappa shape index (κ1) is 13.5. The van der Waals surface area contributed by atoms with E-state index in [4.69, 9.17) is 5.73 Å². The maximum atomic E-state index is 10.9. The Morgan fingerprint density at radius 3 is 2.89 bits per heavy atom. The Kier molecular flexibility index (Phi) is 3.84. The molecule has 1 unspecified atom stereocenters.